The molecule has 0 bridgehead atoms. The van der Waals surface area contributed by atoms with E-state index in [0.29, 0.717) is 4.90 Å². The third kappa shape index (κ3) is 3.54. The van der Waals surface area contributed by atoms with Crippen LogP contribution in [0.15, 0.2) is 21.9 Å². The van der Waals surface area contributed by atoms with E-state index in [2.05, 4.69) is 4.74 Å². The summed E-state index contributed by atoms with van der Waals surface area (Å²) in [7, 11) is -2.74. The van der Waals surface area contributed by atoms with Gasteiger partial charge in [0, 0.05) is 4.90 Å². The summed E-state index contributed by atoms with van der Waals surface area (Å²) >= 11 is 13.2. The van der Waals surface area contributed by atoms with E-state index in [1.807, 2.05) is 0 Å². The van der Waals surface area contributed by atoms with Crippen molar-refractivity contribution in [1.29, 1.82) is 0 Å². The summed E-state index contributed by atoms with van der Waals surface area (Å²) in [6, 6.07) is 2.70. The van der Waals surface area contributed by atoms with Crippen LogP contribution in [0.3, 0.4) is 0 Å². The molecule has 0 atom stereocenters. The van der Waals surface area contributed by atoms with Crippen molar-refractivity contribution in [3.63, 3.8) is 0 Å². The van der Waals surface area contributed by atoms with E-state index in [4.69, 9.17) is 23.2 Å². The smallest absolute Gasteiger partial charge is 0.321 e. The Bertz CT molecular complexity index is 569. The standard InChI is InChI=1S/C10H10Cl2O4S2/c1-16-10(13)5-18(14,15)9-4-6(11)8(17-2)3-7(9)12/h3-4H,5H2,1-2H3. The van der Waals surface area contributed by atoms with E-state index in [9.17, 15) is 13.2 Å². The highest BCUT2D eigenvalue weighted by Gasteiger charge is 2.24. The lowest BCUT2D eigenvalue weighted by molar-refractivity contribution is -0.137. The summed E-state index contributed by atoms with van der Waals surface area (Å²) in [6.07, 6.45) is 1.79. The van der Waals surface area contributed by atoms with Gasteiger partial charge < -0.3 is 4.74 Å². The molecular weight excluding hydrogens is 319 g/mol. The summed E-state index contributed by atoms with van der Waals surface area (Å²) in [6.45, 7) is 0. The zero-order valence-corrected chi connectivity index (χ0v) is 12.7. The highest BCUT2D eigenvalue weighted by Crippen LogP contribution is 2.33. The Hall–Kier alpha value is -0.430. The van der Waals surface area contributed by atoms with Crippen molar-refractivity contribution in [2.75, 3.05) is 19.1 Å². The van der Waals surface area contributed by atoms with Crippen molar-refractivity contribution in [3.8, 4) is 0 Å². The van der Waals surface area contributed by atoms with Gasteiger partial charge in [-0.3, -0.25) is 4.79 Å². The Morgan fingerprint density at radius 1 is 1.33 bits per heavy atom. The Balaban J connectivity index is 3.25. The maximum absolute atomic E-state index is 11.9. The molecule has 0 saturated heterocycles. The number of carbonyl (C=O) groups excluding carboxylic acids is 1. The molecule has 0 radical (unpaired) electrons. The van der Waals surface area contributed by atoms with Crippen molar-refractivity contribution in [1.82, 2.24) is 0 Å². The molecule has 0 heterocycles. The molecule has 0 aliphatic heterocycles. The van der Waals surface area contributed by atoms with Crippen LogP contribution in [-0.4, -0.2) is 33.5 Å². The van der Waals surface area contributed by atoms with Crippen LogP contribution in [-0.2, 0) is 19.4 Å². The van der Waals surface area contributed by atoms with Gasteiger partial charge in [-0.1, -0.05) is 23.2 Å². The molecule has 1 rings (SSSR count). The Morgan fingerprint density at radius 2 is 1.94 bits per heavy atom. The first-order valence-electron chi connectivity index (χ1n) is 4.64. The summed E-state index contributed by atoms with van der Waals surface area (Å²) < 4.78 is 28.2. The molecule has 0 fully saturated rings. The van der Waals surface area contributed by atoms with Gasteiger partial charge in [0.2, 0.25) is 0 Å². The van der Waals surface area contributed by atoms with Gasteiger partial charge in [0.1, 0.15) is 0 Å². The molecule has 8 heteroatoms. The molecule has 1 aromatic rings. The van der Waals surface area contributed by atoms with Crippen LogP contribution >= 0.6 is 35.0 Å². The maximum Gasteiger partial charge on any atom is 0.321 e. The number of esters is 1. The lowest BCUT2D eigenvalue weighted by atomic mass is 10.3. The number of thioether (sulfide) groups is 1. The molecule has 1 aromatic carbocycles. The fraction of sp³-hybridized carbons (Fsp3) is 0.300. The molecule has 0 spiro atoms. The molecule has 18 heavy (non-hydrogen) atoms. The van der Waals surface area contributed by atoms with Crippen LogP contribution in [0, 0.1) is 0 Å². The normalized spacial score (nSPS) is 11.3. The SMILES string of the molecule is COC(=O)CS(=O)(=O)c1cc(Cl)c(SC)cc1Cl. The lowest BCUT2D eigenvalue weighted by Crippen LogP contribution is -2.17. The number of methoxy groups -OCH3 is 1. The van der Waals surface area contributed by atoms with Crippen LogP contribution in [0.5, 0.6) is 0 Å². The molecule has 0 saturated carbocycles. The third-order valence-corrected chi connectivity index (χ3v) is 5.33. The topological polar surface area (TPSA) is 60.4 Å². The highest BCUT2D eigenvalue weighted by atomic mass is 35.5. The highest BCUT2D eigenvalue weighted by molar-refractivity contribution is 7.98. The second-order valence-corrected chi connectivity index (χ2v) is 6.87. The molecule has 0 amide bonds. The van der Waals surface area contributed by atoms with Crippen molar-refractivity contribution < 1.29 is 17.9 Å². The number of benzene rings is 1. The predicted molar refractivity (Wildman–Crippen MR) is 72.3 cm³/mol. The number of rotatable bonds is 4. The Labute approximate surface area is 120 Å². The van der Waals surface area contributed by atoms with Gasteiger partial charge in [-0.05, 0) is 18.4 Å². The third-order valence-electron chi connectivity index (χ3n) is 2.08. The second kappa shape index (κ2) is 6.14. The fourth-order valence-corrected chi connectivity index (χ4v) is 3.96. The van der Waals surface area contributed by atoms with E-state index >= 15 is 0 Å². The van der Waals surface area contributed by atoms with Gasteiger partial charge in [0.25, 0.3) is 0 Å². The Morgan fingerprint density at radius 3 is 2.44 bits per heavy atom. The van der Waals surface area contributed by atoms with Crippen LogP contribution in [0.1, 0.15) is 0 Å². The van der Waals surface area contributed by atoms with Crippen LogP contribution < -0.4 is 0 Å². The van der Waals surface area contributed by atoms with E-state index < -0.39 is 21.6 Å². The van der Waals surface area contributed by atoms with E-state index in [-0.39, 0.29) is 14.9 Å². The van der Waals surface area contributed by atoms with Gasteiger partial charge in [-0.25, -0.2) is 8.42 Å². The zero-order valence-electron chi connectivity index (χ0n) is 9.57. The minimum Gasteiger partial charge on any atom is -0.468 e. The van der Waals surface area contributed by atoms with Crippen molar-refractivity contribution in [2.45, 2.75) is 9.79 Å². The predicted octanol–water partition coefficient (Wildman–Crippen LogP) is 2.66. The molecule has 4 nitrogen and oxygen atoms in total. The monoisotopic (exact) mass is 328 g/mol. The van der Waals surface area contributed by atoms with E-state index in [0.717, 1.165) is 7.11 Å². The number of hydrogen-bond donors (Lipinski definition) is 0. The number of ether oxygens (including phenoxy) is 1. The van der Waals surface area contributed by atoms with Crippen molar-refractivity contribution in [2.24, 2.45) is 0 Å². The Kier molecular flexibility index (Phi) is 5.33. The zero-order chi connectivity index (χ0) is 13.9. The maximum atomic E-state index is 11.9. The van der Waals surface area contributed by atoms with Gasteiger partial charge in [-0.15, -0.1) is 11.8 Å². The molecule has 0 N–H and O–H groups in total. The van der Waals surface area contributed by atoms with Crippen molar-refractivity contribution >= 4 is 50.8 Å². The summed E-state index contributed by atoms with van der Waals surface area (Å²) in [5.74, 6) is -1.62. The number of sulfone groups is 1. The van der Waals surface area contributed by atoms with Gasteiger partial charge >= 0.3 is 5.97 Å². The quantitative estimate of drug-likeness (QED) is 0.628. The lowest BCUT2D eigenvalue weighted by Gasteiger charge is -2.08. The number of carbonyl (C=O) groups is 1. The van der Waals surface area contributed by atoms with Gasteiger partial charge in [0.05, 0.1) is 22.1 Å². The van der Waals surface area contributed by atoms with E-state index in [1.54, 1.807) is 6.26 Å². The van der Waals surface area contributed by atoms with Crippen LogP contribution in [0.2, 0.25) is 10.0 Å². The average molecular weight is 329 g/mol. The largest absolute Gasteiger partial charge is 0.468 e. The fourth-order valence-electron chi connectivity index (χ4n) is 1.20. The summed E-state index contributed by atoms with van der Waals surface area (Å²) in [5.41, 5.74) is 0. The first kappa shape index (κ1) is 15.6. The first-order chi connectivity index (χ1) is 8.31. The van der Waals surface area contributed by atoms with Crippen LogP contribution in [0.25, 0.3) is 0 Å². The van der Waals surface area contributed by atoms with Gasteiger partial charge in [0.15, 0.2) is 15.6 Å². The summed E-state index contributed by atoms with van der Waals surface area (Å²) in [4.78, 5) is 11.5. The second-order valence-electron chi connectivity index (χ2n) is 3.25. The summed E-state index contributed by atoms with van der Waals surface area (Å²) in [5, 5.41) is 0.308. The molecule has 100 valence electrons. The average Bonchev–Trinajstić information content (AvgIpc) is 2.30. The van der Waals surface area contributed by atoms with E-state index in [1.165, 1.54) is 23.9 Å². The minimum absolute atomic E-state index is 0.0349. The van der Waals surface area contributed by atoms with Crippen LogP contribution in [0.4, 0.5) is 0 Å². The molecule has 0 aliphatic rings. The molecule has 0 unspecified atom stereocenters. The molecular formula is C10H10Cl2O4S2. The number of halogens is 2. The molecule has 0 aliphatic carbocycles. The van der Waals surface area contributed by atoms with Gasteiger partial charge in [-0.2, -0.15) is 0 Å². The minimum atomic E-state index is -3.85. The first-order valence-corrected chi connectivity index (χ1v) is 8.27. The molecule has 0 aromatic heterocycles. The number of hydrogen-bond acceptors (Lipinski definition) is 5. The van der Waals surface area contributed by atoms with Crippen molar-refractivity contribution in [3.05, 3.63) is 22.2 Å².